The van der Waals surface area contributed by atoms with Crippen LogP contribution in [0.1, 0.15) is 0 Å². The van der Waals surface area contributed by atoms with E-state index in [-0.39, 0.29) is 5.56 Å². The highest BCUT2D eigenvalue weighted by Gasteiger charge is 2.13. The molecule has 0 aliphatic carbocycles. The second-order valence-electron chi connectivity index (χ2n) is 3.85. The van der Waals surface area contributed by atoms with Crippen molar-refractivity contribution in [3.05, 3.63) is 51.1 Å². The Labute approximate surface area is 117 Å². The van der Waals surface area contributed by atoms with Gasteiger partial charge in [-0.05, 0) is 18.2 Å². The van der Waals surface area contributed by atoms with Crippen LogP contribution in [0.25, 0.3) is 16.7 Å². The van der Waals surface area contributed by atoms with E-state index >= 15 is 0 Å². The minimum absolute atomic E-state index is 0.307. The second kappa shape index (κ2) is 4.25. The minimum Gasteiger partial charge on any atom is -0.335 e. The average Bonchev–Trinajstić information content (AvgIpc) is 2.81. The maximum Gasteiger partial charge on any atom is 0.282 e. The molecule has 0 amide bonds. The summed E-state index contributed by atoms with van der Waals surface area (Å²) in [5, 5.41) is 5.38. The number of aromatic nitrogens is 4. The molecule has 0 atom stereocenters. The SMILES string of the molecule is Nn1cnc2c(cnn2-c2cc(Cl)ccc2Cl)c1=O. The number of halogens is 2. The molecule has 3 aromatic rings. The number of nitrogen functional groups attached to an aromatic ring is 1. The topological polar surface area (TPSA) is 78.7 Å². The number of hydrogen-bond acceptors (Lipinski definition) is 4. The summed E-state index contributed by atoms with van der Waals surface area (Å²) in [6, 6.07) is 4.96. The van der Waals surface area contributed by atoms with Crippen LogP contribution in [0.2, 0.25) is 10.0 Å². The van der Waals surface area contributed by atoms with E-state index in [1.165, 1.54) is 17.2 Å². The molecule has 96 valence electrons. The van der Waals surface area contributed by atoms with Gasteiger partial charge in [-0.15, -0.1) is 0 Å². The predicted molar refractivity (Wildman–Crippen MR) is 73.3 cm³/mol. The molecule has 0 aliphatic rings. The van der Waals surface area contributed by atoms with Crippen molar-refractivity contribution in [1.82, 2.24) is 19.4 Å². The monoisotopic (exact) mass is 295 g/mol. The molecule has 0 radical (unpaired) electrons. The van der Waals surface area contributed by atoms with Crippen molar-refractivity contribution in [1.29, 1.82) is 0 Å². The van der Waals surface area contributed by atoms with E-state index in [2.05, 4.69) is 10.1 Å². The minimum atomic E-state index is -0.380. The average molecular weight is 296 g/mol. The third-order valence-corrected chi connectivity index (χ3v) is 3.20. The van der Waals surface area contributed by atoms with E-state index in [0.29, 0.717) is 26.8 Å². The van der Waals surface area contributed by atoms with Crippen molar-refractivity contribution >= 4 is 34.2 Å². The van der Waals surface area contributed by atoms with Gasteiger partial charge in [0.25, 0.3) is 5.56 Å². The lowest BCUT2D eigenvalue weighted by molar-refractivity contribution is 0.874. The number of rotatable bonds is 1. The Balaban J connectivity index is 2.35. The quantitative estimate of drug-likeness (QED) is 0.692. The molecular weight excluding hydrogens is 289 g/mol. The molecule has 0 saturated heterocycles. The number of hydrogen-bond donors (Lipinski definition) is 1. The van der Waals surface area contributed by atoms with Crippen LogP contribution in [0.15, 0.2) is 35.5 Å². The molecule has 2 N–H and O–H groups in total. The van der Waals surface area contributed by atoms with E-state index in [4.69, 9.17) is 29.0 Å². The molecule has 0 unspecified atom stereocenters. The van der Waals surface area contributed by atoms with E-state index in [1.54, 1.807) is 18.2 Å². The van der Waals surface area contributed by atoms with Gasteiger partial charge in [0.2, 0.25) is 0 Å². The summed E-state index contributed by atoms with van der Waals surface area (Å²) >= 11 is 12.0. The van der Waals surface area contributed by atoms with Gasteiger partial charge >= 0.3 is 0 Å². The van der Waals surface area contributed by atoms with Crippen molar-refractivity contribution in [2.24, 2.45) is 0 Å². The molecule has 0 saturated carbocycles. The summed E-state index contributed by atoms with van der Waals surface area (Å²) in [5.41, 5.74) is 0.538. The summed E-state index contributed by atoms with van der Waals surface area (Å²) in [6.07, 6.45) is 2.62. The first-order valence-electron chi connectivity index (χ1n) is 5.24. The Bertz CT molecular complexity index is 839. The number of fused-ring (bicyclic) bond motifs is 1. The van der Waals surface area contributed by atoms with E-state index in [9.17, 15) is 4.79 Å². The van der Waals surface area contributed by atoms with E-state index in [1.807, 2.05) is 0 Å². The summed E-state index contributed by atoms with van der Waals surface area (Å²) in [6.45, 7) is 0. The van der Waals surface area contributed by atoms with Gasteiger partial charge in [0, 0.05) is 5.02 Å². The maximum absolute atomic E-state index is 11.8. The fourth-order valence-corrected chi connectivity index (χ4v) is 2.11. The van der Waals surface area contributed by atoms with Crippen molar-refractivity contribution in [3.63, 3.8) is 0 Å². The fraction of sp³-hybridized carbons (Fsp3) is 0. The maximum atomic E-state index is 11.8. The molecule has 0 aliphatic heterocycles. The van der Waals surface area contributed by atoms with Crippen LogP contribution in [-0.2, 0) is 0 Å². The van der Waals surface area contributed by atoms with Crippen LogP contribution in [0, 0.1) is 0 Å². The van der Waals surface area contributed by atoms with Crippen LogP contribution >= 0.6 is 23.2 Å². The van der Waals surface area contributed by atoms with Gasteiger partial charge in [0.05, 0.1) is 16.9 Å². The van der Waals surface area contributed by atoms with Gasteiger partial charge in [-0.25, -0.2) is 14.3 Å². The van der Waals surface area contributed by atoms with Crippen molar-refractivity contribution < 1.29 is 0 Å². The van der Waals surface area contributed by atoms with Crippen LogP contribution in [0.3, 0.4) is 0 Å². The zero-order chi connectivity index (χ0) is 13.6. The Hall–Kier alpha value is -2.05. The second-order valence-corrected chi connectivity index (χ2v) is 4.69. The smallest absolute Gasteiger partial charge is 0.282 e. The highest BCUT2D eigenvalue weighted by atomic mass is 35.5. The molecule has 0 fully saturated rings. The van der Waals surface area contributed by atoms with Gasteiger partial charge in [-0.2, -0.15) is 5.10 Å². The zero-order valence-electron chi connectivity index (χ0n) is 9.42. The Morgan fingerprint density at radius 3 is 2.84 bits per heavy atom. The number of benzene rings is 1. The summed E-state index contributed by atoms with van der Waals surface area (Å²) in [4.78, 5) is 15.9. The standard InChI is InChI=1S/C11H7Cl2N5O/c12-6-1-2-8(13)9(3-6)18-10-7(4-16-18)11(19)17(14)5-15-10/h1-5H,14H2. The van der Waals surface area contributed by atoms with Crippen molar-refractivity contribution in [3.8, 4) is 5.69 Å². The first kappa shape index (κ1) is 12.0. The van der Waals surface area contributed by atoms with E-state index in [0.717, 1.165) is 4.68 Å². The van der Waals surface area contributed by atoms with Gasteiger partial charge in [0.1, 0.15) is 11.7 Å². The van der Waals surface area contributed by atoms with Crippen LogP contribution < -0.4 is 11.4 Å². The van der Waals surface area contributed by atoms with Crippen LogP contribution in [-0.4, -0.2) is 19.4 Å². The molecule has 3 rings (SSSR count). The molecule has 2 heterocycles. The normalized spacial score (nSPS) is 11.1. The molecule has 6 nitrogen and oxygen atoms in total. The van der Waals surface area contributed by atoms with Gasteiger partial charge < -0.3 is 5.84 Å². The van der Waals surface area contributed by atoms with Crippen LogP contribution in [0.5, 0.6) is 0 Å². The Morgan fingerprint density at radius 2 is 2.05 bits per heavy atom. The summed E-state index contributed by atoms with van der Waals surface area (Å²) in [5.74, 6) is 5.45. The largest absolute Gasteiger partial charge is 0.335 e. The third-order valence-electron chi connectivity index (χ3n) is 2.65. The highest BCUT2D eigenvalue weighted by Crippen LogP contribution is 2.25. The Morgan fingerprint density at radius 1 is 1.26 bits per heavy atom. The van der Waals surface area contributed by atoms with Gasteiger partial charge in [-0.3, -0.25) is 4.79 Å². The van der Waals surface area contributed by atoms with Gasteiger partial charge in [-0.1, -0.05) is 23.2 Å². The zero-order valence-corrected chi connectivity index (χ0v) is 10.9. The number of nitrogens with two attached hydrogens (primary N) is 1. The summed E-state index contributed by atoms with van der Waals surface area (Å²) in [7, 11) is 0. The number of nitrogens with zero attached hydrogens (tertiary/aromatic N) is 4. The van der Waals surface area contributed by atoms with Gasteiger partial charge in [0.15, 0.2) is 5.65 Å². The highest BCUT2D eigenvalue weighted by molar-refractivity contribution is 6.34. The molecule has 0 spiro atoms. The molecule has 1 aromatic carbocycles. The van der Waals surface area contributed by atoms with Crippen molar-refractivity contribution in [2.75, 3.05) is 5.84 Å². The first-order chi connectivity index (χ1) is 9.08. The Kier molecular flexibility index (Phi) is 2.69. The molecule has 0 bridgehead atoms. The lowest BCUT2D eigenvalue weighted by atomic mass is 10.3. The predicted octanol–water partition coefficient (Wildman–Crippen LogP) is 1.60. The van der Waals surface area contributed by atoms with Crippen LogP contribution in [0.4, 0.5) is 0 Å². The molecule has 19 heavy (non-hydrogen) atoms. The third kappa shape index (κ3) is 1.85. The lowest BCUT2D eigenvalue weighted by Gasteiger charge is -2.06. The summed E-state index contributed by atoms with van der Waals surface area (Å²) < 4.78 is 2.35. The first-order valence-corrected chi connectivity index (χ1v) is 5.99. The van der Waals surface area contributed by atoms with E-state index < -0.39 is 0 Å². The molecular formula is C11H7Cl2N5O. The lowest BCUT2D eigenvalue weighted by Crippen LogP contribution is -2.26. The molecule has 2 aromatic heterocycles. The van der Waals surface area contributed by atoms with Crippen molar-refractivity contribution in [2.45, 2.75) is 0 Å². The fourth-order valence-electron chi connectivity index (χ4n) is 1.75. The molecule has 8 heteroatoms.